The molecule has 1 N–H and O–H groups in total. The Labute approximate surface area is 196 Å². The molecule has 0 spiro atoms. The highest BCUT2D eigenvalue weighted by Crippen LogP contribution is 2.32. The minimum atomic E-state index is -3.72. The molecule has 2 unspecified atom stereocenters. The lowest BCUT2D eigenvalue weighted by molar-refractivity contribution is -0.117. The van der Waals surface area contributed by atoms with Crippen molar-refractivity contribution in [2.24, 2.45) is 0 Å². The minimum absolute atomic E-state index is 0.0317. The van der Waals surface area contributed by atoms with Crippen LogP contribution >= 0.6 is 0 Å². The monoisotopic (exact) mass is 472 g/mol. The maximum absolute atomic E-state index is 13.3. The standard InChI is InChI=1S/C25H32N2O5S/c1-18(20-13-9-6-10-14-20)27(24(29)32-17-19-11-7-5-8-12-19)23-16-21(28)15-22(23)26-33(30,31)25(2,3)4/h5-14,18,22-23,26H,15-17H2,1-4H3/t18-,22?,23?/m1/s1. The molecule has 2 aromatic carbocycles. The molecule has 0 saturated heterocycles. The fourth-order valence-corrected chi connectivity index (χ4v) is 4.89. The number of carbonyl (C=O) groups excluding carboxylic acids is 2. The van der Waals surface area contributed by atoms with Crippen LogP contribution in [-0.4, -0.2) is 42.0 Å². The number of nitrogens with one attached hydrogen (secondary N) is 1. The van der Waals surface area contributed by atoms with Crippen LogP contribution in [0.1, 0.15) is 57.7 Å². The lowest BCUT2D eigenvalue weighted by Crippen LogP contribution is -2.54. The molecule has 3 rings (SSSR count). The van der Waals surface area contributed by atoms with E-state index in [0.29, 0.717) is 0 Å². The predicted octanol–water partition coefficient (Wildman–Crippen LogP) is 4.20. The Kier molecular flexibility index (Phi) is 7.59. The average molecular weight is 473 g/mol. The minimum Gasteiger partial charge on any atom is -0.445 e. The summed E-state index contributed by atoms with van der Waals surface area (Å²) in [5.74, 6) is -0.0947. The van der Waals surface area contributed by atoms with Crippen molar-refractivity contribution in [2.75, 3.05) is 0 Å². The van der Waals surface area contributed by atoms with Gasteiger partial charge in [-0.2, -0.15) is 0 Å². The Morgan fingerprint density at radius 1 is 1.06 bits per heavy atom. The number of rotatable bonds is 7. The lowest BCUT2D eigenvalue weighted by Gasteiger charge is -2.37. The molecule has 0 aliphatic heterocycles. The molecule has 1 saturated carbocycles. The van der Waals surface area contributed by atoms with E-state index in [4.69, 9.17) is 4.74 Å². The fraction of sp³-hybridized carbons (Fsp3) is 0.440. The van der Waals surface area contributed by atoms with Gasteiger partial charge in [-0.1, -0.05) is 60.7 Å². The highest BCUT2D eigenvalue weighted by Gasteiger charge is 2.45. The van der Waals surface area contributed by atoms with Gasteiger partial charge in [0.05, 0.1) is 16.8 Å². The van der Waals surface area contributed by atoms with Crippen molar-refractivity contribution in [3.8, 4) is 0 Å². The van der Waals surface area contributed by atoms with E-state index in [2.05, 4.69) is 4.72 Å². The molecule has 0 bridgehead atoms. The first kappa shape index (κ1) is 24.9. The number of nitrogens with zero attached hydrogens (tertiary/aromatic N) is 1. The zero-order valence-electron chi connectivity index (χ0n) is 19.5. The van der Waals surface area contributed by atoms with Crippen LogP contribution in [0.25, 0.3) is 0 Å². The number of sulfonamides is 1. The van der Waals surface area contributed by atoms with Crippen LogP contribution in [0.4, 0.5) is 4.79 Å². The molecule has 1 fully saturated rings. The second-order valence-corrected chi connectivity index (χ2v) is 11.9. The Morgan fingerprint density at radius 3 is 2.21 bits per heavy atom. The Hall–Kier alpha value is -2.71. The zero-order valence-corrected chi connectivity index (χ0v) is 20.3. The Bertz CT molecular complexity index is 1060. The topological polar surface area (TPSA) is 92.8 Å². The van der Waals surface area contributed by atoms with Gasteiger partial charge in [0.25, 0.3) is 0 Å². The molecule has 8 heteroatoms. The van der Waals surface area contributed by atoms with Crippen molar-refractivity contribution in [2.45, 2.75) is 70.0 Å². The Balaban J connectivity index is 1.91. The number of amides is 1. The molecule has 7 nitrogen and oxygen atoms in total. The second-order valence-electron chi connectivity index (χ2n) is 9.39. The SMILES string of the molecule is C[C@H](c1ccccc1)N(C(=O)OCc1ccccc1)C1CC(=O)CC1NS(=O)(=O)C(C)(C)C. The zero-order chi connectivity index (χ0) is 24.2. The van der Waals surface area contributed by atoms with Crippen molar-refractivity contribution in [3.63, 3.8) is 0 Å². The number of ether oxygens (including phenoxy) is 1. The maximum atomic E-state index is 13.3. The van der Waals surface area contributed by atoms with E-state index in [0.717, 1.165) is 11.1 Å². The number of Topliss-reactive ketones (excluding diaryl/α,β-unsaturated/α-hetero) is 1. The van der Waals surface area contributed by atoms with Crippen molar-refractivity contribution >= 4 is 21.9 Å². The summed E-state index contributed by atoms with van der Waals surface area (Å²) in [4.78, 5) is 27.3. The summed E-state index contributed by atoms with van der Waals surface area (Å²) in [6, 6.07) is 16.9. The normalized spacial score (nSPS) is 19.8. The van der Waals surface area contributed by atoms with Gasteiger partial charge in [-0.15, -0.1) is 0 Å². The Morgan fingerprint density at radius 2 is 1.64 bits per heavy atom. The van der Waals surface area contributed by atoms with Gasteiger partial charge in [0, 0.05) is 18.9 Å². The summed E-state index contributed by atoms with van der Waals surface area (Å²) in [5.41, 5.74) is 1.71. The second kappa shape index (κ2) is 10.1. The van der Waals surface area contributed by atoms with Crippen LogP contribution in [0.3, 0.4) is 0 Å². The number of benzene rings is 2. The molecule has 33 heavy (non-hydrogen) atoms. The van der Waals surface area contributed by atoms with Crippen LogP contribution in [0.5, 0.6) is 0 Å². The van der Waals surface area contributed by atoms with Crippen LogP contribution < -0.4 is 4.72 Å². The smallest absolute Gasteiger partial charge is 0.410 e. The van der Waals surface area contributed by atoms with Crippen molar-refractivity contribution in [1.29, 1.82) is 0 Å². The average Bonchev–Trinajstić information content (AvgIpc) is 3.11. The first-order valence-electron chi connectivity index (χ1n) is 11.1. The summed E-state index contributed by atoms with van der Waals surface area (Å²) in [6.45, 7) is 6.73. The van der Waals surface area contributed by atoms with Gasteiger partial charge in [0.2, 0.25) is 10.0 Å². The molecule has 0 heterocycles. The van der Waals surface area contributed by atoms with Crippen molar-refractivity contribution < 1.29 is 22.7 Å². The van der Waals surface area contributed by atoms with E-state index in [-0.39, 0.29) is 25.2 Å². The molecule has 178 valence electrons. The summed E-state index contributed by atoms with van der Waals surface area (Å²) in [5, 5.41) is 0. The van der Waals surface area contributed by atoms with Crippen LogP contribution in [0.15, 0.2) is 60.7 Å². The van der Waals surface area contributed by atoms with Gasteiger partial charge in [-0.25, -0.2) is 17.9 Å². The van der Waals surface area contributed by atoms with E-state index < -0.39 is 39.0 Å². The van der Waals surface area contributed by atoms with E-state index >= 15 is 0 Å². The van der Waals surface area contributed by atoms with Crippen LogP contribution in [0.2, 0.25) is 0 Å². The largest absolute Gasteiger partial charge is 0.445 e. The van der Waals surface area contributed by atoms with Crippen LogP contribution in [-0.2, 0) is 26.2 Å². The summed E-state index contributed by atoms with van der Waals surface area (Å²) in [6.07, 6.45) is -0.492. The molecule has 0 radical (unpaired) electrons. The van der Waals surface area contributed by atoms with Crippen LogP contribution in [0, 0.1) is 0 Å². The molecule has 1 amide bonds. The quantitative estimate of drug-likeness (QED) is 0.652. The number of ketones is 1. The maximum Gasteiger partial charge on any atom is 0.410 e. The van der Waals surface area contributed by atoms with Gasteiger partial charge in [0.15, 0.2) is 0 Å². The van der Waals surface area contributed by atoms with Gasteiger partial charge >= 0.3 is 6.09 Å². The van der Waals surface area contributed by atoms with E-state index in [1.54, 1.807) is 20.8 Å². The highest BCUT2D eigenvalue weighted by molar-refractivity contribution is 7.90. The third kappa shape index (κ3) is 6.00. The van der Waals surface area contributed by atoms with E-state index in [9.17, 15) is 18.0 Å². The first-order chi connectivity index (χ1) is 15.5. The third-order valence-electron chi connectivity index (χ3n) is 5.93. The molecular weight excluding hydrogens is 440 g/mol. The molecular formula is C25H32N2O5S. The van der Waals surface area contributed by atoms with Crippen molar-refractivity contribution in [1.82, 2.24) is 9.62 Å². The van der Waals surface area contributed by atoms with E-state index in [1.165, 1.54) is 4.90 Å². The molecule has 3 atom stereocenters. The third-order valence-corrected chi connectivity index (χ3v) is 8.16. The summed E-state index contributed by atoms with van der Waals surface area (Å²) in [7, 11) is -3.72. The molecule has 2 aromatic rings. The van der Waals surface area contributed by atoms with Gasteiger partial charge < -0.3 is 4.74 Å². The number of hydrogen-bond donors (Lipinski definition) is 1. The molecule has 0 aromatic heterocycles. The first-order valence-corrected chi connectivity index (χ1v) is 12.6. The predicted molar refractivity (Wildman–Crippen MR) is 127 cm³/mol. The van der Waals surface area contributed by atoms with E-state index in [1.807, 2.05) is 67.6 Å². The lowest BCUT2D eigenvalue weighted by atomic mass is 10.0. The fourth-order valence-electron chi connectivity index (χ4n) is 3.90. The van der Waals surface area contributed by atoms with Gasteiger partial charge in [-0.3, -0.25) is 9.69 Å². The summed E-state index contributed by atoms with van der Waals surface area (Å²) < 4.78 is 33.0. The number of carbonyl (C=O) groups is 2. The van der Waals surface area contributed by atoms with Gasteiger partial charge in [-0.05, 0) is 38.8 Å². The van der Waals surface area contributed by atoms with Gasteiger partial charge in [0.1, 0.15) is 12.4 Å². The molecule has 1 aliphatic carbocycles. The van der Waals surface area contributed by atoms with Crippen molar-refractivity contribution in [3.05, 3.63) is 71.8 Å². The highest BCUT2D eigenvalue weighted by atomic mass is 32.2. The molecule has 1 aliphatic rings. The summed E-state index contributed by atoms with van der Waals surface area (Å²) >= 11 is 0. The number of hydrogen-bond acceptors (Lipinski definition) is 5.